The molecule has 0 aliphatic heterocycles. The van der Waals surface area contributed by atoms with E-state index >= 15 is 0 Å². The Labute approximate surface area is 130 Å². The number of carbonyl (C=O) groups is 1. The summed E-state index contributed by atoms with van der Waals surface area (Å²) in [5.41, 5.74) is 1.27. The third-order valence-electron chi connectivity index (χ3n) is 3.39. The van der Waals surface area contributed by atoms with Crippen LogP contribution in [-0.4, -0.2) is 38.6 Å². The Morgan fingerprint density at radius 2 is 2.52 bits per heavy atom. The number of anilines is 1. The van der Waals surface area contributed by atoms with Crippen LogP contribution in [0.4, 0.5) is 5.95 Å². The second-order valence-corrected chi connectivity index (χ2v) is 6.95. The van der Waals surface area contributed by atoms with Crippen molar-refractivity contribution in [2.45, 2.75) is 24.4 Å². The summed E-state index contributed by atoms with van der Waals surface area (Å²) in [6.45, 7) is 2.16. The molecule has 6 nitrogen and oxygen atoms in total. The normalized spacial score (nSPS) is 20.5. The van der Waals surface area contributed by atoms with E-state index in [1.165, 1.54) is 22.2 Å². The maximum absolute atomic E-state index is 12.2. The summed E-state index contributed by atoms with van der Waals surface area (Å²) >= 11 is 3.06. The van der Waals surface area contributed by atoms with Gasteiger partial charge in [-0.25, -0.2) is 5.10 Å². The molecule has 2 aromatic rings. The topological polar surface area (TPSA) is 90.9 Å². The van der Waals surface area contributed by atoms with E-state index in [4.69, 9.17) is 5.11 Å². The highest BCUT2D eigenvalue weighted by molar-refractivity contribution is 7.99. The standard InChI is InChI=1S/C13H16N4O2S2/c1-7-2-4-20-10(7)8-6-9(8)11(19)14-12-15-13(17-16-12)21-5-3-18/h2,4,8-9,18H,3,5-6H2,1H3,(H2,14,15,16,17,19)/t8-,9+/m0/s1. The molecule has 21 heavy (non-hydrogen) atoms. The maximum atomic E-state index is 12.2. The van der Waals surface area contributed by atoms with Crippen molar-refractivity contribution in [1.29, 1.82) is 0 Å². The largest absolute Gasteiger partial charge is 0.396 e. The smallest absolute Gasteiger partial charge is 0.230 e. The van der Waals surface area contributed by atoms with Gasteiger partial charge in [0.25, 0.3) is 0 Å². The number of aliphatic hydroxyl groups is 1. The predicted octanol–water partition coefficient (Wildman–Crippen LogP) is 2.00. The molecule has 1 fully saturated rings. The minimum Gasteiger partial charge on any atom is -0.396 e. The quantitative estimate of drug-likeness (QED) is 0.707. The zero-order chi connectivity index (χ0) is 14.8. The van der Waals surface area contributed by atoms with Crippen LogP contribution in [0.15, 0.2) is 16.6 Å². The van der Waals surface area contributed by atoms with Crippen molar-refractivity contribution in [2.75, 3.05) is 17.7 Å². The molecule has 2 atom stereocenters. The fraction of sp³-hybridized carbons (Fsp3) is 0.462. The fourth-order valence-corrected chi connectivity index (χ4v) is 3.90. The summed E-state index contributed by atoms with van der Waals surface area (Å²) < 4.78 is 0. The van der Waals surface area contributed by atoms with Gasteiger partial charge >= 0.3 is 0 Å². The third-order valence-corrected chi connectivity index (χ3v) is 5.37. The lowest BCUT2D eigenvalue weighted by atomic mass is 10.2. The molecule has 3 rings (SSSR count). The molecule has 1 amide bonds. The van der Waals surface area contributed by atoms with Crippen molar-refractivity contribution in [3.63, 3.8) is 0 Å². The number of nitrogens with one attached hydrogen (secondary N) is 2. The number of hydrogen-bond donors (Lipinski definition) is 3. The Morgan fingerprint density at radius 1 is 1.67 bits per heavy atom. The molecule has 112 valence electrons. The van der Waals surface area contributed by atoms with Crippen LogP contribution in [0.25, 0.3) is 0 Å². The Balaban J connectivity index is 1.56. The molecular formula is C13H16N4O2S2. The zero-order valence-electron chi connectivity index (χ0n) is 11.5. The zero-order valence-corrected chi connectivity index (χ0v) is 13.1. The summed E-state index contributed by atoms with van der Waals surface area (Å²) in [6, 6.07) is 2.09. The fourth-order valence-electron chi connectivity index (χ4n) is 2.25. The highest BCUT2D eigenvalue weighted by Gasteiger charge is 2.45. The number of nitrogens with zero attached hydrogens (tertiary/aromatic N) is 2. The van der Waals surface area contributed by atoms with Crippen molar-refractivity contribution in [1.82, 2.24) is 15.2 Å². The Kier molecular flexibility index (Phi) is 4.27. The van der Waals surface area contributed by atoms with E-state index in [1.807, 2.05) is 0 Å². The summed E-state index contributed by atoms with van der Waals surface area (Å²) in [6.07, 6.45) is 0.896. The highest BCUT2D eigenvalue weighted by Crippen LogP contribution is 2.50. The second kappa shape index (κ2) is 6.17. The van der Waals surface area contributed by atoms with Gasteiger partial charge in [0.1, 0.15) is 0 Å². The number of aliphatic hydroxyl groups excluding tert-OH is 1. The van der Waals surface area contributed by atoms with Gasteiger partial charge in [-0.1, -0.05) is 11.8 Å². The number of thioether (sulfide) groups is 1. The van der Waals surface area contributed by atoms with Crippen LogP contribution in [0.1, 0.15) is 22.8 Å². The molecule has 0 radical (unpaired) electrons. The summed E-state index contributed by atoms with van der Waals surface area (Å²) in [7, 11) is 0. The van der Waals surface area contributed by atoms with Gasteiger partial charge in [-0.2, -0.15) is 4.98 Å². The van der Waals surface area contributed by atoms with E-state index in [9.17, 15) is 4.79 Å². The number of rotatable bonds is 6. The lowest BCUT2D eigenvalue weighted by molar-refractivity contribution is -0.117. The van der Waals surface area contributed by atoms with Gasteiger partial charge in [-0.05, 0) is 30.4 Å². The molecule has 0 unspecified atom stereocenters. The first-order valence-corrected chi connectivity index (χ1v) is 8.56. The van der Waals surface area contributed by atoms with Gasteiger partial charge in [0.2, 0.25) is 17.0 Å². The first kappa shape index (κ1) is 14.6. The van der Waals surface area contributed by atoms with Crippen LogP contribution in [-0.2, 0) is 4.79 Å². The number of carbonyl (C=O) groups excluding carboxylic acids is 1. The van der Waals surface area contributed by atoms with Crippen LogP contribution >= 0.6 is 23.1 Å². The van der Waals surface area contributed by atoms with Crippen molar-refractivity contribution in [3.8, 4) is 0 Å². The van der Waals surface area contributed by atoms with Gasteiger partial charge in [-0.3, -0.25) is 10.1 Å². The van der Waals surface area contributed by atoms with Crippen molar-refractivity contribution >= 4 is 35.0 Å². The average Bonchev–Trinajstić information content (AvgIpc) is 2.95. The molecule has 0 aromatic carbocycles. The van der Waals surface area contributed by atoms with Gasteiger partial charge in [0.15, 0.2) is 0 Å². The van der Waals surface area contributed by atoms with Crippen molar-refractivity contribution in [3.05, 3.63) is 21.9 Å². The number of hydrogen-bond acceptors (Lipinski definition) is 6. The Bertz CT molecular complexity index is 640. The molecule has 1 saturated carbocycles. The SMILES string of the molecule is Cc1ccsc1[C@H]1C[C@H]1C(=O)Nc1nc(SCCO)n[nH]1. The summed E-state index contributed by atoms with van der Waals surface area (Å²) in [4.78, 5) is 17.6. The third kappa shape index (κ3) is 3.28. The molecule has 8 heteroatoms. The van der Waals surface area contributed by atoms with Crippen LogP contribution in [0.2, 0.25) is 0 Å². The number of amides is 1. The van der Waals surface area contributed by atoms with Crippen LogP contribution in [0.3, 0.4) is 0 Å². The monoisotopic (exact) mass is 324 g/mol. The number of aryl methyl sites for hydroxylation is 1. The molecular weight excluding hydrogens is 308 g/mol. The minimum atomic E-state index is -0.0114. The van der Waals surface area contributed by atoms with E-state index in [1.54, 1.807) is 11.3 Å². The summed E-state index contributed by atoms with van der Waals surface area (Å²) in [5.74, 6) is 1.27. The van der Waals surface area contributed by atoms with Gasteiger partial charge in [-0.15, -0.1) is 16.4 Å². The lowest BCUT2D eigenvalue weighted by Gasteiger charge is -2.00. The van der Waals surface area contributed by atoms with E-state index in [0.29, 0.717) is 22.8 Å². The van der Waals surface area contributed by atoms with E-state index in [2.05, 4.69) is 38.9 Å². The molecule has 2 aromatic heterocycles. The van der Waals surface area contributed by atoms with Gasteiger partial charge in [0.05, 0.1) is 6.61 Å². The van der Waals surface area contributed by atoms with Crippen LogP contribution in [0.5, 0.6) is 0 Å². The number of aromatic amines is 1. The van der Waals surface area contributed by atoms with E-state index < -0.39 is 0 Å². The van der Waals surface area contributed by atoms with E-state index in [-0.39, 0.29) is 18.4 Å². The molecule has 2 heterocycles. The van der Waals surface area contributed by atoms with Crippen molar-refractivity contribution in [2.24, 2.45) is 5.92 Å². The van der Waals surface area contributed by atoms with Gasteiger partial charge < -0.3 is 5.11 Å². The molecule has 3 N–H and O–H groups in total. The summed E-state index contributed by atoms with van der Waals surface area (Å²) in [5, 5.41) is 20.8. The number of H-pyrrole nitrogens is 1. The molecule has 1 aliphatic rings. The molecule has 1 aliphatic carbocycles. The first-order valence-electron chi connectivity index (χ1n) is 6.70. The van der Waals surface area contributed by atoms with Crippen molar-refractivity contribution < 1.29 is 9.90 Å². The Morgan fingerprint density at radius 3 is 3.24 bits per heavy atom. The molecule has 0 spiro atoms. The number of thiophene rings is 1. The van der Waals surface area contributed by atoms with E-state index in [0.717, 1.165) is 6.42 Å². The number of aromatic nitrogens is 3. The second-order valence-electron chi connectivity index (χ2n) is 4.94. The highest BCUT2D eigenvalue weighted by atomic mass is 32.2. The van der Waals surface area contributed by atoms with Crippen LogP contribution < -0.4 is 5.32 Å². The minimum absolute atomic E-state index is 0.0114. The molecule has 0 saturated heterocycles. The van der Waals surface area contributed by atoms with Crippen LogP contribution in [0, 0.1) is 12.8 Å². The average molecular weight is 324 g/mol. The lowest BCUT2D eigenvalue weighted by Crippen LogP contribution is -2.15. The predicted molar refractivity (Wildman–Crippen MR) is 82.7 cm³/mol. The first-order chi connectivity index (χ1) is 10.2. The Hall–Kier alpha value is -1.38. The van der Waals surface area contributed by atoms with Gasteiger partial charge in [0, 0.05) is 22.5 Å². The maximum Gasteiger partial charge on any atom is 0.230 e. The molecule has 0 bridgehead atoms.